The Balaban J connectivity index is 1.77. The van der Waals surface area contributed by atoms with Crippen LogP contribution in [-0.2, 0) is 18.0 Å². The fraction of sp³-hybridized carbons (Fsp3) is 0.158. The highest BCUT2D eigenvalue weighted by Crippen LogP contribution is 2.30. The van der Waals surface area contributed by atoms with Gasteiger partial charge in [0.1, 0.15) is 0 Å². The molecule has 0 saturated heterocycles. The number of carbonyl (C=O) groups is 1. The summed E-state index contributed by atoms with van der Waals surface area (Å²) in [6.45, 7) is 1.63. The first-order valence-electron chi connectivity index (χ1n) is 7.91. The van der Waals surface area contributed by atoms with Crippen LogP contribution in [0.3, 0.4) is 0 Å². The third kappa shape index (κ3) is 3.94. The molecule has 3 rings (SSSR count). The summed E-state index contributed by atoms with van der Waals surface area (Å²) in [5.74, 6) is -0.962. The van der Waals surface area contributed by atoms with Crippen LogP contribution in [-0.4, -0.2) is 10.5 Å². The molecule has 0 saturated carbocycles. The highest BCUT2D eigenvalue weighted by Gasteiger charge is 2.29. The van der Waals surface area contributed by atoms with Crippen LogP contribution in [0.25, 0.3) is 16.7 Å². The summed E-state index contributed by atoms with van der Waals surface area (Å²) in [6.07, 6.45) is -3.12. The van der Waals surface area contributed by atoms with E-state index in [1.807, 2.05) is 0 Å². The molecule has 0 bridgehead atoms. The summed E-state index contributed by atoms with van der Waals surface area (Å²) in [5.41, 5.74) is 1.62. The molecule has 0 spiro atoms. The van der Waals surface area contributed by atoms with Gasteiger partial charge in [-0.25, -0.2) is 4.79 Å². The van der Waals surface area contributed by atoms with Gasteiger partial charge in [-0.15, -0.1) is 0 Å². The molecule has 140 valence electrons. The lowest BCUT2D eigenvalue weighted by molar-refractivity contribution is -0.137. The molecule has 1 amide bonds. The number of allylic oxidation sites excluding steroid dienone is 1. The number of aromatic nitrogens is 1. The van der Waals surface area contributed by atoms with Crippen LogP contribution in [0, 0.1) is 0 Å². The normalized spacial score (nSPS) is 12.4. The zero-order valence-corrected chi connectivity index (χ0v) is 14.4. The summed E-state index contributed by atoms with van der Waals surface area (Å²) in [6, 6.07) is 9.35. The van der Waals surface area contributed by atoms with E-state index in [1.165, 1.54) is 28.8 Å². The van der Waals surface area contributed by atoms with E-state index < -0.39 is 23.4 Å². The molecule has 2 aromatic carbocycles. The molecular weight excluding hydrogens is 361 g/mol. The monoisotopic (exact) mass is 376 g/mol. The minimum absolute atomic E-state index is 0.337. The van der Waals surface area contributed by atoms with Crippen molar-refractivity contribution in [3.8, 4) is 0 Å². The predicted octanol–water partition coefficient (Wildman–Crippen LogP) is 4.19. The quantitative estimate of drug-likeness (QED) is 0.697. The summed E-state index contributed by atoms with van der Waals surface area (Å²) < 4.78 is 44.2. The number of anilines is 1. The lowest BCUT2D eigenvalue weighted by Gasteiger charge is -2.08. The first-order valence-corrected chi connectivity index (χ1v) is 7.91. The Kier molecular flexibility index (Phi) is 4.65. The maximum Gasteiger partial charge on any atom is 0.419 e. The topological polar surface area (TPSA) is 64.2 Å². The number of oxazole rings is 1. The maximum atomic E-state index is 12.6. The van der Waals surface area contributed by atoms with Gasteiger partial charge in [0.25, 0.3) is 0 Å². The Morgan fingerprint density at radius 2 is 1.81 bits per heavy atom. The van der Waals surface area contributed by atoms with Crippen molar-refractivity contribution < 1.29 is 22.4 Å². The van der Waals surface area contributed by atoms with Gasteiger partial charge in [-0.3, -0.25) is 9.36 Å². The highest BCUT2D eigenvalue weighted by molar-refractivity contribution is 6.04. The van der Waals surface area contributed by atoms with Crippen LogP contribution in [0.2, 0.25) is 0 Å². The van der Waals surface area contributed by atoms with Gasteiger partial charge in [0, 0.05) is 24.9 Å². The number of halogens is 3. The van der Waals surface area contributed by atoms with Crippen molar-refractivity contribution in [2.75, 3.05) is 5.32 Å². The standard InChI is InChI=1S/C19H15F3N2O3/c1-11(12-3-5-13(6-4-12)19(20,21)22)9-17(25)23-14-7-8-15-16(10-14)27-18(26)24(15)2/h3-10H,1-2H3,(H,23,25)/b11-9-. The number of nitrogens with one attached hydrogen (secondary N) is 1. The average Bonchev–Trinajstić information content (AvgIpc) is 2.88. The zero-order valence-electron chi connectivity index (χ0n) is 14.4. The Morgan fingerprint density at radius 3 is 2.44 bits per heavy atom. The molecule has 0 aliphatic heterocycles. The van der Waals surface area contributed by atoms with Crippen LogP contribution >= 0.6 is 0 Å². The largest absolute Gasteiger partial charge is 0.419 e. The maximum absolute atomic E-state index is 12.6. The lowest BCUT2D eigenvalue weighted by Crippen LogP contribution is -2.09. The second-order valence-corrected chi connectivity index (χ2v) is 6.00. The van der Waals surface area contributed by atoms with Crippen molar-refractivity contribution in [3.05, 3.63) is 70.2 Å². The molecule has 0 fully saturated rings. The van der Waals surface area contributed by atoms with Crippen LogP contribution in [0.15, 0.2) is 57.8 Å². The van der Waals surface area contributed by atoms with Crippen molar-refractivity contribution in [2.24, 2.45) is 7.05 Å². The van der Waals surface area contributed by atoms with Crippen LogP contribution in [0.4, 0.5) is 18.9 Å². The molecule has 0 aliphatic carbocycles. The number of nitrogens with zero attached hydrogens (tertiary/aromatic N) is 1. The van der Waals surface area contributed by atoms with E-state index in [9.17, 15) is 22.8 Å². The molecule has 0 unspecified atom stereocenters. The van der Waals surface area contributed by atoms with Gasteiger partial charge >= 0.3 is 11.9 Å². The van der Waals surface area contributed by atoms with Crippen LogP contribution in [0.1, 0.15) is 18.1 Å². The molecule has 0 radical (unpaired) electrons. The Hall–Kier alpha value is -3.29. The summed E-state index contributed by atoms with van der Waals surface area (Å²) in [4.78, 5) is 23.7. The first kappa shape index (κ1) is 18.5. The Labute approximate surface area is 151 Å². The molecule has 3 aromatic rings. The molecule has 0 aliphatic rings. The van der Waals surface area contributed by atoms with E-state index >= 15 is 0 Å². The van der Waals surface area contributed by atoms with Crippen molar-refractivity contribution in [1.29, 1.82) is 0 Å². The lowest BCUT2D eigenvalue weighted by atomic mass is 10.0. The SMILES string of the molecule is C/C(=C/C(=O)Nc1ccc2c(c1)oc(=O)n2C)c1ccc(C(F)(F)F)cc1. The van der Waals surface area contributed by atoms with Crippen LogP contribution in [0.5, 0.6) is 0 Å². The van der Waals surface area contributed by atoms with Gasteiger partial charge in [-0.1, -0.05) is 12.1 Å². The average molecular weight is 376 g/mol. The Bertz CT molecular complexity index is 1090. The molecule has 1 N–H and O–H groups in total. The third-order valence-electron chi connectivity index (χ3n) is 4.07. The molecular formula is C19H15F3N2O3. The van der Waals surface area contributed by atoms with E-state index in [1.54, 1.807) is 26.1 Å². The Morgan fingerprint density at radius 1 is 1.15 bits per heavy atom. The number of aryl methyl sites for hydroxylation is 1. The fourth-order valence-corrected chi connectivity index (χ4v) is 2.59. The van der Waals surface area contributed by atoms with Gasteiger partial charge in [0.05, 0.1) is 11.1 Å². The molecule has 1 aromatic heterocycles. The second kappa shape index (κ2) is 6.79. The van der Waals surface area contributed by atoms with E-state index in [-0.39, 0.29) is 0 Å². The number of hydrogen-bond acceptors (Lipinski definition) is 3. The van der Waals surface area contributed by atoms with Gasteiger partial charge in [-0.05, 0) is 42.3 Å². The van der Waals surface area contributed by atoms with Crippen molar-refractivity contribution in [2.45, 2.75) is 13.1 Å². The number of amides is 1. The number of benzene rings is 2. The summed E-state index contributed by atoms with van der Waals surface area (Å²) in [5, 5.41) is 2.63. The molecule has 1 heterocycles. The third-order valence-corrected chi connectivity index (χ3v) is 4.07. The minimum Gasteiger partial charge on any atom is -0.408 e. The molecule has 0 atom stereocenters. The van der Waals surface area contributed by atoms with E-state index in [4.69, 9.17) is 4.42 Å². The second-order valence-electron chi connectivity index (χ2n) is 6.00. The molecule has 5 nitrogen and oxygen atoms in total. The minimum atomic E-state index is -4.40. The van der Waals surface area contributed by atoms with Gasteiger partial charge in [0.2, 0.25) is 5.91 Å². The smallest absolute Gasteiger partial charge is 0.408 e. The number of fused-ring (bicyclic) bond motifs is 1. The van der Waals surface area contributed by atoms with E-state index in [0.29, 0.717) is 27.9 Å². The number of alkyl halides is 3. The number of hydrogen-bond donors (Lipinski definition) is 1. The highest BCUT2D eigenvalue weighted by atomic mass is 19.4. The van der Waals surface area contributed by atoms with Crippen molar-refractivity contribution in [3.63, 3.8) is 0 Å². The summed E-state index contributed by atoms with van der Waals surface area (Å²) >= 11 is 0. The molecule has 8 heteroatoms. The van der Waals surface area contributed by atoms with Gasteiger partial charge in [0.15, 0.2) is 5.58 Å². The molecule has 27 heavy (non-hydrogen) atoms. The fourth-order valence-electron chi connectivity index (χ4n) is 2.59. The van der Waals surface area contributed by atoms with Crippen molar-refractivity contribution in [1.82, 2.24) is 4.57 Å². The summed E-state index contributed by atoms with van der Waals surface area (Å²) in [7, 11) is 1.57. The zero-order chi connectivity index (χ0) is 19.8. The predicted molar refractivity (Wildman–Crippen MR) is 95.2 cm³/mol. The number of carbonyl (C=O) groups excluding carboxylic acids is 1. The van der Waals surface area contributed by atoms with E-state index in [2.05, 4.69) is 5.32 Å². The number of rotatable bonds is 3. The van der Waals surface area contributed by atoms with Crippen LogP contribution < -0.4 is 11.1 Å². The van der Waals surface area contributed by atoms with Gasteiger partial charge in [-0.2, -0.15) is 13.2 Å². The first-order chi connectivity index (χ1) is 12.6. The van der Waals surface area contributed by atoms with E-state index in [0.717, 1.165) is 12.1 Å². The van der Waals surface area contributed by atoms with Crippen molar-refractivity contribution >= 4 is 28.3 Å². The van der Waals surface area contributed by atoms with Gasteiger partial charge < -0.3 is 9.73 Å².